The lowest BCUT2D eigenvalue weighted by molar-refractivity contribution is -0.171. The van der Waals surface area contributed by atoms with Crippen molar-refractivity contribution in [3.05, 3.63) is 71.5 Å². The fraction of sp³-hybridized carbons (Fsp3) is 0.158. The quantitative estimate of drug-likeness (QED) is 0.814. The first kappa shape index (κ1) is 17.7. The number of rotatable bonds is 4. The molecule has 0 fully saturated rings. The fourth-order valence-corrected chi connectivity index (χ4v) is 2.48. The molecule has 1 aromatic carbocycles. The van der Waals surface area contributed by atoms with Crippen molar-refractivity contribution in [2.45, 2.75) is 19.0 Å². The molecule has 1 heterocycles. The number of halogens is 3. The molecule has 1 aliphatic heterocycles. The molecular weight excluding hydrogens is 347 g/mol. The predicted octanol–water partition coefficient (Wildman–Crippen LogP) is 4.29. The molecule has 0 aromatic heterocycles. The largest absolute Gasteiger partial charge is 0.456 e. The average molecular weight is 361 g/mol. The van der Waals surface area contributed by atoms with E-state index >= 15 is 0 Å². The molecule has 0 bridgehead atoms. The Kier molecular flexibility index (Phi) is 4.79. The lowest BCUT2D eigenvalue weighted by Crippen LogP contribution is -2.27. The maximum atomic E-state index is 12.2. The normalized spacial score (nSPS) is 15.9. The summed E-state index contributed by atoms with van der Waals surface area (Å²) in [7, 11) is 0. The molecule has 3 rings (SSSR count). The number of Topliss-reactive ketones (excluding diaryl/α,β-unsaturated/α-hetero) is 1. The molecule has 0 saturated heterocycles. The van der Waals surface area contributed by atoms with E-state index in [1.54, 1.807) is 24.3 Å². The number of carbonyl (C=O) groups is 2. The number of nitrogens with one attached hydrogen (secondary N) is 1. The Morgan fingerprint density at radius 3 is 2.73 bits per heavy atom. The number of carbonyl (C=O) groups excluding carboxylic acids is 2. The van der Waals surface area contributed by atoms with Gasteiger partial charge in [-0.05, 0) is 36.8 Å². The van der Waals surface area contributed by atoms with Crippen LogP contribution in [0.4, 0.5) is 18.9 Å². The summed E-state index contributed by atoms with van der Waals surface area (Å²) in [5, 5.41) is 2.30. The minimum atomic E-state index is -5.02. The zero-order valence-electron chi connectivity index (χ0n) is 13.5. The second-order valence-electron chi connectivity index (χ2n) is 5.69. The Hall–Kier alpha value is -3.09. The van der Waals surface area contributed by atoms with Gasteiger partial charge in [0.2, 0.25) is 11.7 Å². The second-order valence-corrected chi connectivity index (χ2v) is 5.69. The average Bonchev–Trinajstić information content (AvgIpc) is 2.60. The molecule has 1 N–H and O–H groups in total. The van der Waals surface area contributed by atoms with E-state index in [1.165, 1.54) is 6.07 Å². The molecule has 0 spiro atoms. The Morgan fingerprint density at radius 1 is 1.15 bits per heavy atom. The Bertz CT molecular complexity index is 876. The van der Waals surface area contributed by atoms with Crippen LogP contribution in [0.2, 0.25) is 0 Å². The molecule has 0 saturated carbocycles. The van der Waals surface area contributed by atoms with E-state index in [4.69, 9.17) is 4.74 Å². The van der Waals surface area contributed by atoms with E-state index in [0.717, 1.165) is 17.8 Å². The van der Waals surface area contributed by atoms with Crippen LogP contribution in [-0.2, 0) is 14.3 Å². The van der Waals surface area contributed by atoms with E-state index in [9.17, 15) is 22.8 Å². The van der Waals surface area contributed by atoms with Gasteiger partial charge in [0, 0.05) is 16.8 Å². The van der Waals surface area contributed by atoms with Crippen LogP contribution in [0.5, 0.6) is 0 Å². The topological polar surface area (TPSA) is 55.4 Å². The Morgan fingerprint density at radius 2 is 1.96 bits per heavy atom. The summed E-state index contributed by atoms with van der Waals surface area (Å²) >= 11 is 0. The number of anilines is 1. The summed E-state index contributed by atoms with van der Waals surface area (Å²) in [6, 6.07) is 6.47. The van der Waals surface area contributed by atoms with Gasteiger partial charge < -0.3 is 10.1 Å². The summed E-state index contributed by atoms with van der Waals surface area (Å²) in [6.07, 6.45) is 4.07. The molecule has 0 radical (unpaired) electrons. The smallest absolute Gasteiger partial charge is 0.450 e. The molecule has 7 heteroatoms. The van der Waals surface area contributed by atoms with Crippen molar-refractivity contribution in [1.82, 2.24) is 0 Å². The number of amides is 1. The second kappa shape index (κ2) is 7.03. The van der Waals surface area contributed by atoms with Gasteiger partial charge in [-0.3, -0.25) is 9.59 Å². The van der Waals surface area contributed by atoms with E-state index in [-0.39, 0.29) is 5.69 Å². The molecule has 26 heavy (non-hydrogen) atoms. The van der Waals surface area contributed by atoms with Gasteiger partial charge in [0.1, 0.15) is 11.5 Å². The molecule has 1 aliphatic carbocycles. The molecular formula is C19H14F3NO3. The third-order valence-corrected chi connectivity index (χ3v) is 3.72. The first-order chi connectivity index (χ1) is 12.3. The number of hydrogen-bond acceptors (Lipinski definition) is 3. The SMILES string of the molecule is O=C(CC(=O)C(F)(F)F)Nc1cccc(C2=CC=C3C=CCC=C3O2)c1. The van der Waals surface area contributed by atoms with Crippen LogP contribution in [-0.4, -0.2) is 17.9 Å². The number of benzene rings is 1. The molecule has 4 nitrogen and oxygen atoms in total. The van der Waals surface area contributed by atoms with Crippen molar-refractivity contribution >= 4 is 23.1 Å². The molecule has 1 amide bonds. The molecule has 134 valence electrons. The lowest BCUT2D eigenvalue weighted by atomic mass is 10.0. The predicted molar refractivity (Wildman–Crippen MR) is 89.7 cm³/mol. The highest BCUT2D eigenvalue weighted by Gasteiger charge is 2.39. The number of alkyl halides is 3. The summed E-state index contributed by atoms with van der Waals surface area (Å²) < 4.78 is 42.5. The van der Waals surface area contributed by atoms with E-state index in [2.05, 4.69) is 5.32 Å². The van der Waals surface area contributed by atoms with Gasteiger partial charge in [-0.1, -0.05) is 24.3 Å². The van der Waals surface area contributed by atoms with Gasteiger partial charge >= 0.3 is 6.18 Å². The minimum Gasteiger partial charge on any atom is -0.456 e. The van der Waals surface area contributed by atoms with E-state index in [1.807, 2.05) is 24.3 Å². The molecule has 2 aliphatic rings. The van der Waals surface area contributed by atoms with E-state index < -0.39 is 24.3 Å². The summed E-state index contributed by atoms with van der Waals surface area (Å²) in [5.74, 6) is -1.82. The zero-order valence-corrected chi connectivity index (χ0v) is 13.5. The van der Waals surface area contributed by atoms with Crippen LogP contribution in [0, 0.1) is 0 Å². The molecule has 0 atom stereocenters. The number of ether oxygens (including phenoxy) is 1. The third kappa shape index (κ3) is 4.11. The zero-order chi connectivity index (χ0) is 18.7. The third-order valence-electron chi connectivity index (χ3n) is 3.72. The van der Waals surface area contributed by atoms with Crippen LogP contribution in [0.25, 0.3) is 5.76 Å². The standard InChI is InChI=1S/C19H14F3NO3/c20-19(21,22)17(24)11-18(25)23-14-6-3-5-13(10-14)16-9-8-12-4-1-2-7-15(12)26-16/h1,3-10H,2,11H2,(H,23,25). The minimum absolute atomic E-state index is 0.277. The highest BCUT2D eigenvalue weighted by Crippen LogP contribution is 2.31. The number of ketones is 1. The number of fused-ring (bicyclic) bond motifs is 1. The monoisotopic (exact) mass is 361 g/mol. The van der Waals surface area contributed by atoms with Crippen molar-refractivity contribution in [2.24, 2.45) is 0 Å². The van der Waals surface area contributed by atoms with Crippen LogP contribution in [0.3, 0.4) is 0 Å². The van der Waals surface area contributed by atoms with Gasteiger partial charge in [-0.25, -0.2) is 0 Å². The van der Waals surface area contributed by atoms with Crippen molar-refractivity contribution in [3.63, 3.8) is 0 Å². The Labute approximate surface area is 147 Å². The van der Waals surface area contributed by atoms with Gasteiger partial charge in [0.05, 0.1) is 6.42 Å². The first-order valence-electron chi connectivity index (χ1n) is 7.80. The Balaban J connectivity index is 1.72. The van der Waals surface area contributed by atoms with Gasteiger partial charge in [0.25, 0.3) is 0 Å². The van der Waals surface area contributed by atoms with Crippen LogP contribution in [0.1, 0.15) is 18.4 Å². The summed E-state index contributed by atoms with van der Waals surface area (Å²) in [6.45, 7) is 0. The summed E-state index contributed by atoms with van der Waals surface area (Å²) in [4.78, 5) is 22.5. The molecule has 1 aromatic rings. The van der Waals surface area contributed by atoms with Crippen LogP contribution >= 0.6 is 0 Å². The van der Waals surface area contributed by atoms with E-state index in [0.29, 0.717) is 11.3 Å². The van der Waals surface area contributed by atoms with Crippen molar-refractivity contribution in [1.29, 1.82) is 0 Å². The van der Waals surface area contributed by atoms with Crippen LogP contribution in [0.15, 0.2) is 66.0 Å². The van der Waals surface area contributed by atoms with Crippen LogP contribution < -0.4 is 5.32 Å². The summed E-state index contributed by atoms with van der Waals surface area (Å²) in [5.41, 5.74) is 1.88. The lowest BCUT2D eigenvalue weighted by Gasteiger charge is -2.20. The fourth-order valence-electron chi connectivity index (χ4n) is 2.48. The maximum absolute atomic E-state index is 12.2. The number of hydrogen-bond donors (Lipinski definition) is 1. The van der Waals surface area contributed by atoms with Crippen molar-refractivity contribution in [3.8, 4) is 0 Å². The maximum Gasteiger partial charge on any atom is 0.450 e. The van der Waals surface area contributed by atoms with Gasteiger partial charge in [-0.2, -0.15) is 13.2 Å². The molecule has 0 unspecified atom stereocenters. The highest BCUT2D eigenvalue weighted by atomic mass is 19.4. The van der Waals surface area contributed by atoms with Crippen molar-refractivity contribution < 1.29 is 27.5 Å². The van der Waals surface area contributed by atoms with Gasteiger partial charge in [-0.15, -0.1) is 0 Å². The van der Waals surface area contributed by atoms with Gasteiger partial charge in [0.15, 0.2) is 0 Å². The number of allylic oxidation sites excluding steroid dienone is 5. The van der Waals surface area contributed by atoms with Crippen molar-refractivity contribution in [2.75, 3.05) is 5.32 Å². The highest BCUT2D eigenvalue weighted by molar-refractivity contribution is 6.06. The first-order valence-corrected chi connectivity index (χ1v) is 7.80.